The number of sulfonamides is 1. The standard InChI is InChI=1S/C17H18N2O5S/c1-12(24-15-6-4-3-5-7-15)17(21)18-14-8-10-16(11-9-14)25(22,23)19-13(2)20/h3-12H,1-2H3,(H,18,21)(H,19,20)/t12-/m1/s1. The van der Waals surface area contributed by atoms with Crippen LogP contribution in [0.2, 0.25) is 0 Å². The number of ether oxygens (including phenoxy) is 1. The third kappa shape index (κ3) is 5.32. The maximum Gasteiger partial charge on any atom is 0.265 e. The van der Waals surface area contributed by atoms with Crippen molar-refractivity contribution in [1.82, 2.24) is 4.72 Å². The van der Waals surface area contributed by atoms with Crippen molar-refractivity contribution >= 4 is 27.5 Å². The lowest BCUT2D eigenvalue weighted by atomic mass is 10.3. The normalized spacial score (nSPS) is 12.1. The van der Waals surface area contributed by atoms with Crippen molar-refractivity contribution in [3.8, 4) is 5.75 Å². The Hall–Kier alpha value is -2.87. The molecule has 0 saturated carbocycles. The van der Waals surface area contributed by atoms with Crippen molar-refractivity contribution in [3.05, 3.63) is 54.6 Å². The number of amides is 2. The topological polar surface area (TPSA) is 102 Å². The molecule has 0 saturated heterocycles. The molecule has 2 N–H and O–H groups in total. The number of anilines is 1. The van der Waals surface area contributed by atoms with E-state index in [1.807, 2.05) is 10.8 Å². The molecular formula is C17H18N2O5S. The molecule has 0 aliphatic carbocycles. The minimum atomic E-state index is -3.90. The van der Waals surface area contributed by atoms with E-state index >= 15 is 0 Å². The molecule has 0 aliphatic heterocycles. The van der Waals surface area contributed by atoms with Crippen LogP contribution in [0.3, 0.4) is 0 Å². The van der Waals surface area contributed by atoms with Gasteiger partial charge in [0.25, 0.3) is 15.9 Å². The highest BCUT2D eigenvalue weighted by atomic mass is 32.2. The van der Waals surface area contributed by atoms with Gasteiger partial charge < -0.3 is 10.1 Å². The summed E-state index contributed by atoms with van der Waals surface area (Å²) in [4.78, 5) is 23.0. The van der Waals surface area contributed by atoms with E-state index < -0.39 is 22.0 Å². The Morgan fingerprint density at radius 3 is 2.16 bits per heavy atom. The maximum absolute atomic E-state index is 12.1. The molecule has 0 heterocycles. The number of para-hydroxylation sites is 1. The summed E-state index contributed by atoms with van der Waals surface area (Å²) in [5, 5.41) is 2.64. The number of nitrogens with one attached hydrogen (secondary N) is 2. The van der Waals surface area contributed by atoms with Gasteiger partial charge in [0.2, 0.25) is 5.91 Å². The third-order valence-corrected chi connectivity index (χ3v) is 4.58. The van der Waals surface area contributed by atoms with Crippen LogP contribution >= 0.6 is 0 Å². The Kier molecular flexibility index (Phi) is 5.76. The molecule has 0 aromatic heterocycles. The van der Waals surface area contributed by atoms with E-state index in [-0.39, 0.29) is 10.8 Å². The summed E-state index contributed by atoms with van der Waals surface area (Å²) in [5.41, 5.74) is 0.412. The van der Waals surface area contributed by atoms with E-state index in [1.54, 1.807) is 31.2 Å². The first-order chi connectivity index (χ1) is 11.8. The summed E-state index contributed by atoms with van der Waals surface area (Å²) < 4.78 is 31.1. The Balaban J connectivity index is 2.01. The minimum Gasteiger partial charge on any atom is -0.481 e. The molecule has 0 unspecified atom stereocenters. The molecule has 8 heteroatoms. The first kappa shape index (κ1) is 18.5. The SMILES string of the molecule is CC(=O)NS(=O)(=O)c1ccc(NC(=O)[C@@H](C)Oc2ccccc2)cc1. The van der Waals surface area contributed by atoms with Gasteiger partial charge in [-0.1, -0.05) is 18.2 Å². The molecule has 2 aromatic carbocycles. The molecule has 25 heavy (non-hydrogen) atoms. The second-order valence-electron chi connectivity index (χ2n) is 5.25. The predicted molar refractivity (Wildman–Crippen MR) is 92.6 cm³/mol. The molecule has 0 fully saturated rings. The van der Waals surface area contributed by atoms with Gasteiger partial charge in [0, 0.05) is 12.6 Å². The molecule has 0 bridgehead atoms. The lowest BCUT2D eigenvalue weighted by Gasteiger charge is -2.15. The van der Waals surface area contributed by atoms with Gasteiger partial charge in [-0.25, -0.2) is 13.1 Å². The van der Waals surface area contributed by atoms with E-state index in [0.29, 0.717) is 11.4 Å². The van der Waals surface area contributed by atoms with Gasteiger partial charge in [-0.05, 0) is 43.3 Å². The number of rotatable bonds is 6. The lowest BCUT2D eigenvalue weighted by molar-refractivity contribution is -0.122. The van der Waals surface area contributed by atoms with E-state index in [4.69, 9.17) is 4.74 Å². The minimum absolute atomic E-state index is 0.0747. The fraction of sp³-hybridized carbons (Fsp3) is 0.176. The average molecular weight is 362 g/mol. The van der Waals surface area contributed by atoms with E-state index in [2.05, 4.69) is 5.32 Å². The molecule has 1 atom stereocenters. The van der Waals surface area contributed by atoms with Crippen LogP contribution in [-0.2, 0) is 19.6 Å². The average Bonchev–Trinajstić information content (AvgIpc) is 2.55. The fourth-order valence-corrected chi connectivity index (χ4v) is 2.96. The lowest BCUT2D eigenvalue weighted by Crippen LogP contribution is -2.30. The van der Waals surface area contributed by atoms with Gasteiger partial charge in [-0.3, -0.25) is 9.59 Å². The summed E-state index contributed by atoms with van der Waals surface area (Å²) in [6.07, 6.45) is -0.731. The summed E-state index contributed by atoms with van der Waals surface area (Å²) in [7, 11) is -3.90. The highest BCUT2D eigenvalue weighted by Gasteiger charge is 2.17. The van der Waals surface area contributed by atoms with Crippen LogP contribution in [0.1, 0.15) is 13.8 Å². The van der Waals surface area contributed by atoms with Gasteiger partial charge in [0.1, 0.15) is 5.75 Å². The fourth-order valence-electron chi connectivity index (χ4n) is 1.97. The number of benzene rings is 2. The summed E-state index contributed by atoms with van der Waals surface area (Å²) in [6.45, 7) is 2.72. The van der Waals surface area contributed by atoms with Crippen molar-refractivity contribution in [2.24, 2.45) is 0 Å². The highest BCUT2D eigenvalue weighted by molar-refractivity contribution is 7.90. The van der Waals surface area contributed by atoms with E-state index in [0.717, 1.165) is 6.92 Å². The summed E-state index contributed by atoms with van der Waals surface area (Å²) in [6, 6.07) is 14.4. The zero-order valence-electron chi connectivity index (χ0n) is 13.7. The maximum atomic E-state index is 12.1. The zero-order chi connectivity index (χ0) is 18.4. The third-order valence-electron chi connectivity index (χ3n) is 3.14. The molecule has 0 aliphatic rings. The zero-order valence-corrected chi connectivity index (χ0v) is 14.5. The van der Waals surface area contributed by atoms with E-state index in [9.17, 15) is 18.0 Å². The van der Waals surface area contributed by atoms with E-state index in [1.165, 1.54) is 24.3 Å². The van der Waals surface area contributed by atoms with Gasteiger partial charge in [0.05, 0.1) is 4.90 Å². The van der Waals surface area contributed by atoms with Crippen molar-refractivity contribution in [2.45, 2.75) is 24.8 Å². The smallest absolute Gasteiger partial charge is 0.265 e. The van der Waals surface area contributed by atoms with Crippen molar-refractivity contribution in [1.29, 1.82) is 0 Å². The molecule has 2 amide bonds. The molecule has 2 aromatic rings. The largest absolute Gasteiger partial charge is 0.481 e. The molecule has 7 nitrogen and oxygen atoms in total. The van der Waals surface area contributed by atoms with Crippen LogP contribution in [0.5, 0.6) is 5.75 Å². The summed E-state index contributed by atoms with van der Waals surface area (Å²) in [5.74, 6) is -0.479. The number of carbonyl (C=O) groups is 2. The Labute approximate surface area is 146 Å². The van der Waals surface area contributed by atoms with Crippen LogP contribution in [0.15, 0.2) is 59.5 Å². The van der Waals surface area contributed by atoms with Crippen LogP contribution in [0.25, 0.3) is 0 Å². The Morgan fingerprint density at radius 2 is 1.60 bits per heavy atom. The predicted octanol–water partition coefficient (Wildman–Crippen LogP) is 1.92. The monoisotopic (exact) mass is 362 g/mol. The Bertz CT molecular complexity index is 848. The van der Waals surface area contributed by atoms with Crippen LogP contribution < -0.4 is 14.8 Å². The molecule has 0 spiro atoms. The van der Waals surface area contributed by atoms with Gasteiger partial charge >= 0.3 is 0 Å². The Morgan fingerprint density at radius 1 is 1.00 bits per heavy atom. The van der Waals surface area contributed by atoms with Crippen molar-refractivity contribution in [3.63, 3.8) is 0 Å². The highest BCUT2D eigenvalue weighted by Crippen LogP contribution is 2.15. The number of carbonyl (C=O) groups excluding carboxylic acids is 2. The second-order valence-corrected chi connectivity index (χ2v) is 6.93. The quantitative estimate of drug-likeness (QED) is 0.817. The molecule has 132 valence electrons. The summed E-state index contributed by atoms with van der Waals surface area (Å²) >= 11 is 0. The van der Waals surface area contributed by atoms with Crippen molar-refractivity contribution in [2.75, 3.05) is 5.32 Å². The molecule has 0 radical (unpaired) electrons. The van der Waals surface area contributed by atoms with Crippen molar-refractivity contribution < 1.29 is 22.7 Å². The number of hydrogen-bond donors (Lipinski definition) is 2. The first-order valence-corrected chi connectivity index (χ1v) is 8.92. The van der Waals surface area contributed by atoms with Crippen LogP contribution in [0.4, 0.5) is 5.69 Å². The van der Waals surface area contributed by atoms with Gasteiger partial charge in [0.15, 0.2) is 6.10 Å². The number of hydrogen-bond acceptors (Lipinski definition) is 5. The van der Waals surface area contributed by atoms with Crippen LogP contribution in [0, 0.1) is 0 Å². The second kappa shape index (κ2) is 7.80. The van der Waals surface area contributed by atoms with Crippen LogP contribution in [-0.4, -0.2) is 26.3 Å². The van der Waals surface area contributed by atoms with Gasteiger partial charge in [-0.2, -0.15) is 0 Å². The van der Waals surface area contributed by atoms with Gasteiger partial charge in [-0.15, -0.1) is 0 Å². The first-order valence-electron chi connectivity index (χ1n) is 7.44. The molecular weight excluding hydrogens is 344 g/mol. The molecule has 2 rings (SSSR count).